The first kappa shape index (κ1) is 19.4. The molecule has 0 unspecified atom stereocenters. The molecular formula is C17H13F2N5O3S. The summed E-state index contributed by atoms with van der Waals surface area (Å²) in [5, 5.41) is 19.4. The van der Waals surface area contributed by atoms with Gasteiger partial charge in [-0.05, 0) is 31.2 Å². The number of carbonyl (C=O) groups excluding carboxylic acids is 1. The van der Waals surface area contributed by atoms with Crippen molar-refractivity contribution in [1.29, 1.82) is 0 Å². The van der Waals surface area contributed by atoms with Gasteiger partial charge in [0.25, 0.3) is 0 Å². The van der Waals surface area contributed by atoms with E-state index in [0.717, 1.165) is 23.9 Å². The third-order valence-electron chi connectivity index (χ3n) is 3.66. The van der Waals surface area contributed by atoms with E-state index in [0.29, 0.717) is 0 Å². The topological polar surface area (TPSA) is 114 Å². The number of aromatic nitrogens is 3. The van der Waals surface area contributed by atoms with Gasteiger partial charge in [-0.25, -0.2) is 9.37 Å². The van der Waals surface area contributed by atoms with E-state index in [1.807, 2.05) is 0 Å². The fourth-order valence-electron chi connectivity index (χ4n) is 2.26. The first-order valence-corrected chi connectivity index (χ1v) is 8.82. The van der Waals surface area contributed by atoms with E-state index in [9.17, 15) is 23.7 Å². The first-order chi connectivity index (χ1) is 13.3. The maximum Gasteiger partial charge on any atom is 0.306 e. The molecule has 0 aliphatic carbocycles. The van der Waals surface area contributed by atoms with Gasteiger partial charge in [-0.1, -0.05) is 23.9 Å². The van der Waals surface area contributed by atoms with Gasteiger partial charge in [0.2, 0.25) is 16.9 Å². The lowest BCUT2D eigenvalue weighted by atomic mass is 10.2. The van der Waals surface area contributed by atoms with Crippen LogP contribution < -0.4 is 5.32 Å². The van der Waals surface area contributed by atoms with E-state index in [4.69, 9.17) is 0 Å². The largest absolute Gasteiger partial charge is 0.325 e. The van der Waals surface area contributed by atoms with Gasteiger partial charge >= 0.3 is 5.69 Å². The second-order valence-electron chi connectivity index (χ2n) is 5.62. The van der Waals surface area contributed by atoms with E-state index in [1.165, 1.54) is 12.1 Å². The minimum absolute atomic E-state index is 0.0904. The van der Waals surface area contributed by atoms with Crippen molar-refractivity contribution in [2.45, 2.75) is 17.3 Å². The van der Waals surface area contributed by atoms with Gasteiger partial charge in [-0.2, -0.15) is 4.39 Å². The number of thioether (sulfide) groups is 1. The smallest absolute Gasteiger partial charge is 0.306 e. The number of hydrogen-bond donors (Lipinski definition) is 2. The normalized spacial score (nSPS) is 11.8. The molecule has 2 N–H and O–H groups in total. The van der Waals surface area contributed by atoms with Gasteiger partial charge in [-0.3, -0.25) is 20.0 Å². The Bertz CT molecular complexity index is 1040. The van der Waals surface area contributed by atoms with Crippen LogP contribution in [-0.2, 0) is 4.79 Å². The minimum atomic E-state index is -0.994. The summed E-state index contributed by atoms with van der Waals surface area (Å²) >= 11 is 1.01. The van der Waals surface area contributed by atoms with Crippen molar-refractivity contribution in [3.63, 3.8) is 0 Å². The predicted molar refractivity (Wildman–Crippen MR) is 98.8 cm³/mol. The highest BCUT2D eigenvalue weighted by Gasteiger charge is 2.20. The zero-order valence-electron chi connectivity index (χ0n) is 14.3. The molecule has 3 aromatic rings. The number of aromatic amines is 1. The SMILES string of the molecule is C[C@@H](Sc1n[nH]c(-c2ccccc2F)n1)C(=O)Nc1ccc(F)c([N+](=O)[O-])c1. The van der Waals surface area contributed by atoms with Crippen molar-refractivity contribution in [3.05, 3.63) is 64.2 Å². The Labute approximate surface area is 161 Å². The number of amides is 1. The third-order valence-corrected chi connectivity index (χ3v) is 4.62. The summed E-state index contributed by atoms with van der Waals surface area (Å²) in [5.74, 6) is -1.71. The minimum Gasteiger partial charge on any atom is -0.325 e. The number of nitrogens with zero attached hydrogens (tertiary/aromatic N) is 3. The highest BCUT2D eigenvalue weighted by atomic mass is 32.2. The number of nitro groups is 1. The number of nitro benzene ring substituents is 1. The number of H-pyrrole nitrogens is 1. The molecule has 0 fully saturated rings. The quantitative estimate of drug-likeness (QED) is 0.367. The maximum absolute atomic E-state index is 13.8. The van der Waals surface area contributed by atoms with Crippen molar-refractivity contribution in [3.8, 4) is 11.4 Å². The number of nitrogens with one attached hydrogen (secondary N) is 2. The molecule has 3 rings (SSSR count). The van der Waals surface area contributed by atoms with Gasteiger partial charge in [0.1, 0.15) is 5.82 Å². The van der Waals surface area contributed by atoms with Gasteiger partial charge in [0.05, 0.1) is 15.7 Å². The van der Waals surface area contributed by atoms with E-state index in [-0.39, 0.29) is 22.2 Å². The van der Waals surface area contributed by atoms with E-state index < -0.39 is 33.4 Å². The molecule has 0 spiro atoms. The Balaban J connectivity index is 1.68. The monoisotopic (exact) mass is 405 g/mol. The van der Waals surface area contributed by atoms with E-state index >= 15 is 0 Å². The Morgan fingerprint density at radius 1 is 1.25 bits per heavy atom. The molecule has 1 heterocycles. The van der Waals surface area contributed by atoms with Crippen LogP contribution in [0.4, 0.5) is 20.2 Å². The molecule has 0 saturated heterocycles. The fourth-order valence-corrected chi connectivity index (χ4v) is 2.98. The second kappa shape index (κ2) is 8.13. The van der Waals surface area contributed by atoms with Crippen LogP contribution >= 0.6 is 11.8 Å². The van der Waals surface area contributed by atoms with Crippen LogP contribution in [0.5, 0.6) is 0 Å². The highest BCUT2D eigenvalue weighted by molar-refractivity contribution is 8.00. The Morgan fingerprint density at radius 2 is 2.00 bits per heavy atom. The molecule has 11 heteroatoms. The lowest BCUT2D eigenvalue weighted by Crippen LogP contribution is -2.22. The Kier molecular flexibility index (Phi) is 5.64. The first-order valence-electron chi connectivity index (χ1n) is 7.94. The lowest BCUT2D eigenvalue weighted by Gasteiger charge is -2.10. The number of rotatable bonds is 6. The number of carbonyl (C=O) groups is 1. The Hall–Kier alpha value is -3.34. The van der Waals surface area contributed by atoms with Crippen LogP contribution in [0.2, 0.25) is 0 Å². The molecule has 28 heavy (non-hydrogen) atoms. The molecule has 2 aromatic carbocycles. The van der Waals surface area contributed by atoms with Crippen molar-refractivity contribution in [2.75, 3.05) is 5.32 Å². The number of anilines is 1. The predicted octanol–water partition coefficient (Wildman–Crippen LogP) is 3.78. The molecule has 8 nitrogen and oxygen atoms in total. The number of halogens is 2. The summed E-state index contributed by atoms with van der Waals surface area (Å²) in [7, 11) is 0. The number of benzene rings is 2. The summed E-state index contributed by atoms with van der Waals surface area (Å²) in [6, 6.07) is 9.11. The van der Waals surface area contributed by atoms with Gasteiger partial charge in [0, 0.05) is 11.8 Å². The second-order valence-corrected chi connectivity index (χ2v) is 6.93. The molecule has 0 bridgehead atoms. The molecule has 1 amide bonds. The summed E-state index contributed by atoms with van der Waals surface area (Å²) in [6.07, 6.45) is 0. The van der Waals surface area contributed by atoms with Crippen LogP contribution in [0.1, 0.15) is 6.92 Å². The average Bonchev–Trinajstić information content (AvgIpc) is 3.11. The van der Waals surface area contributed by atoms with Crippen LogP contribution in [0.15, 0.2) is 47.6 Å². The molecule has 0 aliphatic heterocycles. The van der Waals surface area contributed by atoms with Gasteiger partial charge in [0.15, 0.2) is 5.82 Å². The Morgan fingerprint density at radius 3 is 2.71 bits per heavy atom. The van der Waals surface area contributed by atoms with Crippen molar-refractivity contribution >= 4 is 29.0 Å². The molecule has 0 saturated carbocycles. The zero-order valence-corrected chi connectivity index (χ0v) is 15.2. The molecular weight excluding hydrogens is 392 g/mol. The standard InChI is InChI=1S/C17H13F2N5O3S/c1-9(16(25)20-10-6-7-13(19)14(8-10)24(26)27)28-17-21-15(22-23-17)11-4-2-3-5-12(11)18/h2-9H,1H3,(H,20,25)(H,21,22,23)/t9-/m1/s1. The number of hydrogen-bond acceptors (Lipinski definition) is 6. The zero-order chi connectivity index (χ0) is 20.3. The molecule has 1 atom stereocenters. The summed E-state index contributed by atoms with van der Waals surface area (Å²) < 4.78 is 27.2. The molecule has 0 radical (unpaired) electrons. The van der Waals surface area contributed by atoms with Crippen molar-refractivity contribution in [1.82, 2.24) is 15.2 Å². The summed E-state index contributed by atoms with van der Waals surface area (Å²) in [4.78, 5) is 26.4. The van der Waals surface area contributed by atoms with Crippen molar-refractivity contribution < 1.29 is 18.5 Å². The van der Waals surface area contributed by atoms with Gasteiger partial charge in [-0.15, -0.1) is 5.10 Å². The molecule has 144 valence electrons. The van der Waals surface area contributed by atoms with Crippen LogP contribution in [0, 0.1) is 21.7 Å². The van der Waals surface area contributed by atoms with E-state index in [2.05, 4.69) is 20.5 Å². The highest BCUT2D eigenvalue weighted by Crippen LogP contribution is 2.26. The summed E-state index contributed by atoms with van der Waals surface area (Å²) in [6.45, 7) is 1.58. The fraction of sp³-hybridized carbons (Fsp3) is 0.118. The van der Waals surface area contributed by atoms with Crippen LogP contribution in [0.3, 0.4) is 0 Å². The van der Waals surface area contributed by atoms with E-state index in [1.54, 1.807) is 25.1 Å². The summed E-state index contributed by atoms with van der Waals surface area (Å²) in [5.41, 5.74) is -0.397. The molecule has 0 aliphatic rings. The van der Waals surface area contributed by atoms with Crippen LogP contribution in [0.25, 0.3) is 11.4 Å². The van der Waals surface area contributed by atoms with Gasteiger partial charge < -0.3 is 5.32 Å². The lowest BCUT2D eigenvalue weighted by molar-refractivity contribution is -0.387. The average molecular weight is 405 g/mol. The maximum atomic E-state index is 13.8. The van der Waals surface area contributed by atoms with Crippen LogP contribution in [-0.4, -0.2) is 31.3 Å². The molecule has 1 aromatic heterocycles. The third kappa shape index (κ3) is 4.31. The van der Waals surface area contributed by atoms with Crippen molar-refractivity contribution in [2.24, 2.45) is 0 Å².